The van der Waals surface area contributed by atoms with Crippen molar-refractivity contribution in [2.45, 2.75) is 38.6 Å². The normalized spacial score (nSPS) is 23.2. The summed E-state index contributed by atoms with van der Waals surface area (Å²) >= 11 is 0. The van der Waals surface area contributed by atoms with Crippen LogP contribution in [0.2, 0.25) is 0 Å². The number of aryl methyl sites for hydroxylation is 1. The number of carboxylic acids is 1. The SMILES string of the molecule is Cc1ccc(C(=O)N2CCCCC2(C)C(=O)O)cn1. The van der Waals surface area contributed by atoms with Crippen LogP contribution in [0, 0.1) is 6.92 Å². The van der Waals surface area contributed by atoms with Crippen LogP contribution in [0.3, 0.4) is 0 Å². The number of hydrogen-bond acceptors (Lipinski definition) is 3. The number of amides is 1. The van der Waals surface area contributed by atoms with Crippen LogP contribution >= 0.6 is 0 Å². The van der Waals surface area contributed by atoms with Crippen LogP contribution < -0.4 is 0 Å². The molecule has 2 rings (SSSR count). The molecule has 5 nitrogen and oxygen atoms in total. The molecule has 1 amide bonds. The number of nitrogens with zero attached hydrogens (tertiary/aromatic N) is 2. The van der Waals surface area contributed by atoms with Crippen LogP contribution in [0.5, 0.6) is 0 Å². The molecule has 5 heteroatoms. The molecule has 1 aliphatic heterocycles. The van der Waals surface area contributed by atoms with Gasteiger partial charge in [-0.2, -0.15) is 0 Å². The number of piperidine rings is 1. The second-order valence-electron chi connectivity index (χ2n) is 5.18. The fourth-order valence-corrected chi connectivity index (χ4v) is 2.42. The molecule has 1 unspecified atom stereocenters. The van der Waals surface area contributed by atoms with Crippen LogP contribution in [-0.2, 0) is 4.79 Å². The van der Waals surface area contributed by atoms with Crippen molar-refractivity contribution in [3.8, 4) is 0 Å². The molecular formula is C14H18N2O3. The molecule has 0 bridgehead atoms. The maximum atomic E-state index is 12.5. The van der Waals surface area contributed by atoms with Crippen molar-refractivity contribution in [2.24, 2.45) is 0 Å². The molecule has 0 radical (unpaired) electrons. The van der Waals surface area contributed by atoms with Gasteiger partial charge in [0.2, 0.25) is 0 Å². The van der Waals surface area contributed by atoms with Crippen molar-refractivity contribution in [1.29, 1.82) is 0 Å². The minimum atomic E-state index is -1.11. The smallest absolute Gasteiger partial charge is 0.329 e. The lowest BCUT2D eigenvalue weighted by Gasteiger charge is -2.41. The molecule has 0 aromatic carbocycles. The van der Waals surface area contributed by atoms with Crippen molar-refractivity contribution in [1.82, 2.24) is 9.88 Å². The predicted molar refractivity (Wildman–Crippen MR) is 69.9 cm³/mol. The highest BCUT2D eigenvalue weighted by molar-refractivity contribution is 5.97. The van der Waals surface area contributed by atoms with Gasteiger partial charge in [0.1, 0.15) is 5.54 Å². The standard InChI is InChI=1S/C14H18N2O3/c1-10-5-6-11(9-15-10)12(17)16-8-4-3-7-14(16,2)13(18)19/h5-6,9H,3-4,7-8H2,1-2H3,(H,18,19). The van der Waals surface area contributed by atoms with Gasteiger partial charge in [-0.25, -0.2) is 4.79 Å². The topological polar surface area (TPSA) is 70.5 Å². The fourth-order valence-electron chi connectivity index (χ4n) is 2.42. The van der Waals surface area contributed by atoms with E-state index in [0.29, 0.717) is 18.5 Å². The summed E-state index contributed by atoms with van der Waals surface area (Å²) in [6.45, 7) is 3.94. The van der Waals surface area contributed by atoms with Crippen molar-refractivity contribution < 1.29 is 14.7 Å². The van der Waals surface area contributed by atoms with Gasteiger partial charge in [0.25, 0.3) is 5.91 Å². The van der Waals surface area contributed by atoms with Gasteiger partial charge in [0.05, 0.1) is 5.56 Å². The number of carbonyl (C=O) groups excluding carboxylic acids is 1. The minimum absolute atomic E-state index is 0.253. The largest absolute Gasteiger partial charge is 0.480 e. The molecule has 1 aliphatic rings. The monoisotopic (exact) mass is 262 g/mol. The highest BCUT2D eigenvalue weighted by Gasteiger charge is 2.44. The quantitative estimate of drug-likeness (QED) is 0.883. The number of aromatic nitrogens is 1. The summed E-state index contributed by atoms with van der Waals surface area (Å²) in [4.78, 5) is 29.5. The first-order chi connectivity index (χ1) is 8.95. The van der Waals surface area contributed by atoms with Gasteiger partial charge >= 0.3 is 5.97 Å². The second-order valence-corrected chi connectivity index (χ2v) is 5.18. The number of rotatable bonds is 2. The highest BCUT2D eigenvalue weighted by atomic mass is 16.4. The number of pyridine rings is 1. The summed E-state index contributed by atoms with van der Waals surface area (Å²) < 4.78 is 0. The van der Waals surface area contributed by atoms with Gasteiger partial charge in [0.15, 0.2) is 0 Å². The Morgan fingerprint density at radius 1 is 1.37 bits per heavy atom. The Kier molecular flexibility index (Phi) is 3.55. The van der Waals surface area contributed by atoms with E-state index in [1.54, 1.807) is 19.1 Å². The zero-order valence-corrected chi connectivity index (χ0v) is 11.2. The number of hydrogen-bond donors (Lipinski definition) is 1. The third-order valence-electron chi connectivity index (χ3n) is 3.76. The van der Waals surface area contributed by atoms with Crippen LogP contribution in [0.4, 0.5) is 0 Å². The fraction of sp³-hybridized carbons (Fsp3) is 0.500. The average Bonchev–Trinajstić information content (AvgIpc) is 2.39. The van der Waals surface area contributed by atoms with E-state index < -0.39 is 11.5 Å². The van der Waals surface area contributed by atoms with Crippen molar-refractivity contribution in [3.05, 3.63) is 29.6 Å². The minimum Gasteiger partial charge on any atom is -0.480 e. The van der Waals surface area contributed by atoms with E-state index in [2.05, 4.69) is 4.98 Å². The van der Waals surface area contributed by atoms with Gasteiger partial charge in [-0.05, 0) is 45.2 Å². The summed E-state index contributed by atoms with van der Waals surface area (Å²) in [7, 11) is 0. The Labute approximate surface area is 112 Å². The van der Waals surface area contributed by atoms with E-state index in [1.807, 2.05) is 6.92 Å². The summed E-state index contributed by atoms with van der Waals surface area (Å²) in [5.41, 5.74) is 0.163. The van der Waals surface area contributed by atoms with Crippen LogP contribution in [0.15, 0.2) is 18.3 Å². The third-order valence-corrected chi connectivity index (χ3v) is 3.76. The lowest BCUT2D eigenvalue weighted by atomic mass is 9.88. The summed E-state index contributed by atoms with van der Waals surface area (Å²) in [6, 6.07) is 3.46. The molecule has 0 saturated carbocycles. The van der Waals surface area contributed by atoms with E-state index >= 15 is 0 Å². The molecule has 1 N–H and O–H groups in total. The summed E-state index contributed by atoms with van der Waals surface area (Å²) in [6.07, 6.45) is 3.68. The number of likely N-dealkylation sites (tertiary alicyclic amines) is 1. The lowest BCUT2D eigenvalue weighted by Crippen LogP contribution is -2.57. The van der Waals surface area contributed by atoms with E-state index in [1.165, 1.54) is 11.1 Å². The molecular weight excluding hydrogens is 244 g/mol. The Morgan fingerprint density at radius 3 is 2.68 bits per heavy atom. The summed E-state index contributed by atoms with van der Waals surface area (Å²) in [5.74, 6) is -1.20. The Bertz CT molecular complexity index is 498. The zero-order valence-electron chi connectivity index (χ0n) is 11.2. The molecule has 1 atom stereocenters. The van der Waals surface area contributed by atoms with E-state index in [-0.39, 0.29) is 5.91 Å². The first-order valence-corrected chi connectivity index (χ1v) is 6.43. The van der Waals surface area contributed by atoms with E-state index in [0.717, 1.165) is 18.5 Å². The molecule has 0 aliphatic carbocycles. The molecule has 102 valence electrons. The van der Waals surface area contributed by atoms with Crippen molar-refractivity contribution >= 4 is 11.9 Å². The van der Waals surface area contributed by atoms with Gasteiger partial charge in [-0.1, -0.05) is 0 Å². The van der Waals surface area contributed by atoms with Crippen LogP contribution in [-0.4, -0.2) is 39.0 Å². The van der Waals surface area contributed by atoms with Gasteiger partial charge in [-0.15, -0.1) is 0 Å². The first kappa shape index (κ1) is 13.5. The molecule has 19 heavy (non-hydrogen) atoms. The van der Waals surface area contributed by atoms with Gasteiger partial charge < -0.3 is 10.0 Å². The Morgan fingerprint density at radius 2 is 2.11 bits per heavy atom. The predicted octanol–water partition coefficient (Wildman–Crippen LogP) is 1.86. The molecule has 1 aromatic rings. The maximum absolute atomic E-state index is 12.5. The third kappa shape index (κ3) is 2.45. The molecule has 1 aromatic heterocycles. The van der Waals surface area contributed by atoms with Crippen LogP contribution in [0.1, 0.15) is 42.2 Å². The van der Waals surface area contributed by atoms with Crippen molar-refractivity contribution in [3.63, 3.8) is 0 Å². The molecule has 1 fully saturated rings. The van der Waals surface area contributed by atoms with E-state index in [9.17, 15) is 14.7 Å². The molecule has 1 saturated heterocycles. The summed E-state index contributed by atoms with van der Waals surface area (Å²) in [5, 5.41) is 9.40. The number of aliphatic carboxylic acids is 1. The first-order valence-electron chi connectivity index (χ1n) is 6.43. The highest BCUT2D eigenvalue weighted by Crippen LogP contribution is 2.29. The second kappa shape index (κ2) is 4.99. The number of carboxylic acid groups (broad SMARTS) is 1. The van der Waals surface area contributed by atoms with Gasteiger partial charge in [0, 0.05) is 18.4 Å². The van der Waals surface area contributed by atoms with Crippen molar-refractivity contribution in [2.75, 3.05) is 6.54 Å². The average molecular weight is 262 g/mol. The molecule has 2 heterocycles. The van der Waals surface area contributed by atoms with E-state index in [4.69, 9.17) is 0 Å². The maximum Gasteiger partial charge on any atom is 0.329 e. The van der Waals surface area contributed by atoms with Gasteiger partial charge in [-0.3, -0.25) is 9.78 Å². The zero-order chi connectivity index (χ0) is 14.0. The van der Waals surface area contributed by atoms with Crippen LogP contribution in [0.25, 0.3) is 0 Å². The Balaban J connectivity index is 2.30. The Hall–Kier alpha value is -1.91. The number of carbonyl (C=O) groups is 2. The lowest BCUT2D eigenvalue weighted by molar-refractivity contribution is -0.150. The molecule has 0 spiro atoms.